The zero-order valence-electron chi connectivity index (χ0n) is 9.23. The summed E-state index contributed by atoms with van der Waals surface area (Å²) >= 11 is 5.78. The number of H-pyrrole nitrogens is 1. The Morgan fingerprint density at radius 3 is 2.84 bits per heavy atom. The highest BCUT2D eigenvalue weighted by Crippen LogP contribution is 2.34. The van der Waals surface area contributed by atoms with Gasteiger partial charge in [-0.1, -0.05) is 11.6 Å². The third kappa shape index (κ3) is 2.82. The zero-order valence-corrected chi connectivity index (χ0v) is 9.99. The van der Waals surface area contributed by atoms with Gasteiger partial charge in [-0.25, -0.2) is 4.79 Å². The molecule has 0 atom stereocenters. The molecule has 0 amide bonds. The Bertz CT molecular complexity index is 616. The van der Waals surface area contributed by atoms with E-state index in [9.17, 15) is 13.6 Å². The number of alkyl halides is 2. The fourth-order valence-electron chi connectivity index (χ4n) is 1.55. The number of halogens is 3. The molecule has 0 aliphatic rings. The molecule has 2 aromatic rings. The van der Waals surface area contributed by atoms with Gasteiger partial charge in [0.2, 0.25) is 0 Å². The Morgan fingerprint density at radius 2 is 2.21 bits per heavy atom. The lowest BCUT2D eigenvalue weighted by molar-refractivity contribution is -0.0494. The molecule has 100 valence electrons. The molecule has 2 N–H and O–H groups in total. The molecule has 2 rings (SSSR count). The van der Waals surface area contributed by atoms with E-state index in [1.807, 2.05) is 0 Å². The lowest BCUT2D eigenvalue weighted by Gasteiger charge is -2.10. The molecule has 0 aliphatic heterocycles. The van der Waals surface area contributed by atoms with E-state index in [0.717, 1.165) is 6.20 Å². The Morgan fingerprint density at radius 1 is 1.47 bits per heavy atom. The number of benzene rings is 1. The van der Waals surface area contributed by atoms with Crippen molar-refractivity contribution in [2.75, 3.05) is 0 Å². The van der Waals surface area contributed by atoms with Gasteiger partial charge in [0.1, 0.15) is 11.3 Å². The van der Waals surface area contributed by atoms with E-state index in [1.54, 1.807) is 0 Å². The molecule has 1 heterocycles. The number of ether oxygens (including phenoxy) is 1. The van der Waals surface area contributed by atoms with Crippen LogP contribution in [-0.4, -0.2) is 27.9 Å². The van der Waals surface area contributed by atoms with Crippen molar-refractivity contribution in [1.82, 2.24) is 10.2 Å². The van der Waals surface area contributed by atoms with Crippen LogP contribution in [0.5, 0.6) is 5.75 Å². The van der Waals surface area contributed by atoms with Crippen LogP contribution in [0.4, 0.5) is 8.78 Å². The third-order valence-electron chi connectivity index (χ3n) is 2.30. The highest BCUT2D eigenvalue weighted by molar-refractivity contribution is 6.31. The lowest BCUT2D eigenvalue weighted by atomic mass is 10.1. The number of nitrogens with one attached hydrogen (secondary N) is 1. The van der Waals surface area contributed by atoms with Gasteiger partial charge in [-0.3, -0.25) is 5.10 Å². The highest BCUT2D eigenvalue weighted by Gasteiger charge is 2.19. The molecule has 0 saturated heterocycles. The minimum Gasteiger partial charge on any atom is -0.478 e. The standard InChI is InChI=1S/C11H7ClF2N2O3/c12-5-1-2-8(19-11(13)14)6(3-5)9-7(10(17)18)4-15-16-9/h1-4,11H,(H,15,16)(H,17,18). The second kappa shape index (κ2) is 5.23. The van der Waals surface area contributed by atoms with Gasteiger partial charge in [-0.05, 0) is 18.2 Å². The van der Waals surface area contributed by atoms with Crippen molar-refractivity contribution in [2.45, 2.75) is 6.61 Å². The van der Waals surface area contributed by atoms with Gasteiger partial charge in [0.15, 0.2) is 0 Å². The van der Waals surface area contributed by atoms with E-state index in [0.29, 0.717) is 0 Å². The predicted octanol–water partition coefficient (Wildman–Crippen LogP) is 3.03. The first kappa shape index (κ1) is 13.3. The van der Waals surface area contributed by atoms with Crippen LogP contribution in [0.1, 0.15) is 10.4 Å². The molecule has 5 nitrogen and oxygen atoms in total. The number of aromatic amines is 1. The fourth-order valence-corrected chi connectivity index (χ4v) is 1.72. The number of carbonyl (C=O) groups is 1. The average molecular weight is 289 g/mol. The van der Waals surface area contributed by atoms with Crippen LogP contribution in [0.3, 0.4) is 0 Å². The summed E-state index contributed by atoms with van der Waals surface area (Å²) in [5.41, 5.74) is -0.0188. The topological polar surface area (TPSA) is 75.2 Å². The molecule has 0 aliphatic carbocycles. The molecule has 0 bridgehead atoms. The average Bonchev–Trinajstić information content (AvgIpc) is 2.79. The smallest absolute Gasteiger partial charge is 0.387 e. The van der Waals surface area contributed by atoms with Gasteiger partial charge in [0.25, 0.3) is 0 Å². The number of carboxylic acid groups (broad SMARTS) is 1. The molecule has 0 unspecified atom stereocenters. The highest BCUT2D eigenvalue weighted by atomic mass is 35.5. The molecule has 0 saturated carbocycles. The summed E-state index contributed by atoms with van der Waals surface area (Å²) in [6.45, 7) is -3.03. The lowest BCUT2D eigenvalue weighted by Crippen LogP contribution is -2.04. The van der Waals surface area contributed by atoms with Crippen LogP contribution in [0.15, 0.2) is 24.4 Å². The van der Waals surface area contributed by atoms with E-state index in [1.165, 1.54) is 18.2 Å². The number of hydrogen-bond acceptors (Lipinski definition) is 3. The van der Waals surface area contributed by atoms with E-state index in [2.05, 4.69) is 14.9 Å². The van der Waals surface area contributed by atoms with Crippen molar-refractivity contribution in [2.24, 2.45) is 0 Å². The summed E-state index contributed by atoms with van der Waals surface area (Å²) < 4.78 is 28.9. The monoisotopic (exact) mass is 288 g/mol. The van der Waals surface area contributed by atoms with E-state index < -0.39 is 12.6 Å². The van der Waals surface area contributed by atoms with Gasteiger partial charge in [0.05, 0.1) is 11.9 Å². The van der Waals surface area contributed by atoms with Gasteiger partial charge in [0, 0.05) is 10.6 Å². The Balaban J connectivity index is 2.56. The molecule has 0 spiro atoms. The van der Waals surface area contributed by atoms with Crippen molar-refractivity contribution < 1.29 is 23.4 Å². The first-order valence-corrected chi connectivity index (χ1v) is 5.38. The van der Waals surface area contributed by atoms with Gasteiger partial charge >= 0.3 is 12.6 Å². The molecule has 0 radical (unpaired) electrons. The summed E-state index contributed by atoms with van der Waals surface area (Å²) in [5, 5.41) is 15.2. The zero-order chi connectivity index (χ0) is 14.0. The Kier molecular flexibility index (Phi) is 3.66. The number of hydrogen-bond donors (Lipinski definition) is 2. The minimum absolute atomic E-state index is 0.0469. The third-order valence-corrected chi connectivity index (χ3v) is 2.53. The van der Waals surface area contributed by atoms with E-state index >= 15 is 0 Å². The van der Waals surface area contributed by atoms with Crippen molar-refractivity contribution in [1.29, 1.82) is 0 Å². The number of aromatic carboxylic acids is 1. The maximum absolute atomic E-state index is 12.3. The summed E-state index contributed by atoms with van der Waals surface area (Å²) in [6.07, 6.45) is 1.07. The molecular formula is C11H7ClF2N2O3. The SMILES string of the molecule is O=C(O)c1cn[nH]c1-c1cc(Cl)ccc1OC(F)F. The molecular weight excluding hydrogens is 282 g/mol. The number of aromatic nitrogens is 2. The molecule has 19 heavy (non-hydrogen) atoms. The Hall–Kier alpha value is -2.15. The first-order valence-electron chi connectivity index (χ1n) is 5.00. The summed E-state index contributed by atoms with van der Waals surface area (Å²) in [6, 6.07) is 3.91. The van der Waals surface area contributed by atoms with Crippen molar-refractivity contribution in [3.63, 3.8) is 0 Å². The number of nitrogens with zero attached hydrogens (tertiary/aromatic N) is 1. The largest absolute Gasteiger partial charge is 0.478 e. The molecule has 1 aromatic heterocycles. The number of rotatable bonds is 4. The van der Waals surface area contributed by atoms with Crippen molar-refractivity contribution in [3.8, 4) is 17.0 Å². The van der Waals surface area contributed by atoms with Crippen molar-refractivity contribution >= 4 is 17.6 Å². The Labute approximate surface area is 110 Å². The maximum atomic E-state index is 12.3. The summed E-state index contributed by atoms with van der Waals surface area (Å²) in [5.74, 6) is -1.43. The molecule has 8 heteroatoms. The fraction of sp³-hybridized carbons (Fsp3) is 0.0909. The van der Waals surface area contributed by atoms with Gasteiger partial charge in [-0.2, -0.15) is 13.9 Å². The van der Waals surface area contributed by atoms with Crippen LogP contribution in [0, 0.1) is 0 Å². The normalized spacial score (nSPS) is 10.7. The van der Waals surface area contributed by atoms with Crippen LogP contribution in [0.2, 0.25) is 5.02 Å². The second-order valence-electron chi connectivity index (χ2n) is 3.48. The van der Waals surface area contributed by atoms with Gasteiger partial charge < -0.3 is 9.84 Å². The van der Waals surface area contributed by atoms with Crippen LogP contribution < -0.4 is 4.74 Å². The van der Waals surface area contributed by atoms with Crippen LogP contribution in [-0.2, 0) is 0 Å². The summed E-state index contributed by atoms with van der Waals surface area (Å²) in [7, 11) is 0. The maximum Gasteiger partial charge on any atom is 0.387 e. The van der Waals surface area contributed by atoms with Crippen LogP contribution in [0.25, 0.3) is 11.3 Å². The van der Waals surface area contributed by atoms with Gasteiger partial charge in [-0.15, -0.1) is 0 Å². The molecule has 0 fully saturated rings. The molecule has 1 aromatic carbocycles. The van der Waals surface area contributed by atoms with Crippen molar-refractivity contribution in [3.05, 3.63) is 35.0 Å². The van der Waals surface area contributed by atoms with Crippen LogP contribution >= 0.6 is 11.6 Å². The van der Waals surface area contributed by atoms with E-state index in [-0.39, 0.29) is 27.6 Å². The van der Waals surface area contributed by atoms with E-state index in [4.69, 9.17) is 16.7 Å². The quantitative estimate of drug-likeness (QED) is 0.907. The summed E-state index contributed by atoms with van der Waals surface area (Å²) in [4.78, 5) is 11.0. The second-order valence-corrected chi connectivity index (χ2v) is 3.92. The first-order chi connectivity index (χ1) is 8.99. The number of carboxylic acids is 1. The minimum atomic E-state index is -3.03. The predicted molar refractivity (Wildman–Crippen MR) is 62.6 cm³/mol.